The molecule has 2 N–H and O–H groups in total. The van der Waals surface area contributed by atoms with E-state index in [0.717, 1.165) is 12.8 Å². The Bertz CT molecular complexity index is 1050. The lowest BCUT2D eigenvalue weighted by atomic mass is 9.98. The summed E-state index contributed by atoms with van der Waals surface area (Å²) in [6.45, 7) is 3.30. The second kappa shape index (κ2) is 9.49. The Kier molecular flexibility index (Phi) is 6.64. The van der Waals surface area contributed by atoms with Crippen LogP contribution in [-0.4, -0.2) is 53.2 Å². The van der Waals surface area contributed by atoms with Crippen LogP contribution < -0.4 is 5.32 Å². The molecular formula is C27H32N2O5. The Hall–Kier alpha value is -3.35. The molecule has 0 aromatic heterocycles. The van der Waals surface area contributed by atoms with Crippen molar-refractivity contribution >= 4 is 18.0 Å². The van der Waals surface area contributed by atoms with Crippen molar-refractivity contribution in [3.8, 4) is 11.1 Å². The van der Waals surface area contributed by atoms with Gasteiger partial charge in [-0.3, -0.25) is 4.79 Å². The number of carboxylic acids is 1. The molecule has 0 saturated heterocycles. The third-order valence-electron chi connectivity index (χ3n) is 7.41. The summed E-state index contributed by atoms with van der Waals surface area (Å²) in [6.07, 6.45) is 2.09. The molecule has 2 aliphatic rings. The summed E-state index contributed by atoms with van der Waals surface area (Å²) in [5, 5.41) is 12.3. The molecule has 2 aromatic rings. The van der Waals surface area contributed by atoms with Crippen LogP contribution in [0.3, 0.4) is 0 Å². The zero-order chi connectivity index (χ0) is 24.5. The molecule has 2 aliphatic carbocycles. The van der Waals surface area contributed by atoms with Gasteiger partial charge in [-0.2, -0.15) is 0 Å². The highest BCUT2D eigenvalue weighted by molar-refractivity contribution is 5.86. The number of nitrogens with zero attached hydrogens (tertiary/aromatic N) is 1. The number of ether oxygens (including phenoxy) is 1. The number of hydrogen-bond donors (Lipinski definition) is 2. The van der Waals surface area contributed by atoms with Gasteiger partial charge in [-0.25, -0.2) is 9.59 Å². The van der Waals surface area contributed by atoms with Gasteiger partial charge in [-0.05, 0) is 61.3 Å². The number of fused-ring (bicyclic) bond motifs is 3. The van der Waals surface area contributed by atoms with E-state index in [4.69, 9.17) is 4.74 Å². The average molecular weight is 465 g/mol. The summed E-state index contributed by atoms with van der Waals surface area (Å²) in [6, 6.07) is 16.4. The number of nitrogens with one attached hydrogen (secondary N) is 1. The largest absolute Gasteiger partial charge is 0.480 e. The Morgan fingerprint density at radius 1 is 1.03 bits per heavy atom. The van der Waals surface area contributed by atoms with Gasteiger partial charge in [0.2, 0.25) is 5.91 Å². The number of benzene rings is 2. The smallest absolute Gasteiger partial charge is 0.407 e. The molecule has 2 aromatic carbocycles. The molecule has 1 fully saturated rings. The predicted molar refractivity (Wildman–Crippen MR) is 128 cm³/mol. The molecule has 1 saturated carbocycles. The second-order valence-electron chi connectivity index (χ2n) is 9.87. The Labute approximate surface area is 200 Å². The van der Waals surface area contributed by atoms with Crippen LogP contribution in [0.2, 0.25) is 0 Å². The van der Waals surface area contributed by atoms with Gasteiger partial charge in [0.1, 0.15) is 12.1 Å². The number of hydrogen-bond acceptors (Lipinski definition) is 4. The van der Waals surface area contributed by atoms with Crippen LogP contribution in [0.15, 0.2) is 48.5 Å². The van der Waals surface area contributed by atoms with Gasteiger partial charge >= 0.3 is 12.1 Å². The van der Waals surface area contributed by atoms with Gasteiger partial charge in [0.25, 0.3) is 0 Å². The highest BCUT2D eigenvalue weighted by atomic mass is 16.5. The third kappa shape index (κ3) is 4.65. The van der Waals surface area contributed by atoms with Crippen molar-refractivity contribution in [3.63, 3.8) is 0 Å². The lowest BCUT2D eigenvalue weighted by Crippen LogP contribution is -2.51. The Morgan fingerprint density at radius 2 is 1.62 bits per heavy atom. The Balaban J connectivity index is 1.28. The van der Waals surface area contributed by atoms with Gasteiger partial charge in [-0.15, -0.1) is 0 Å². The van der Waals surface area contributed by atoms with Crippen molar-refractivity contribution < 1.29 is 24.2 Å². The van der Waals surface area contributed by atoms with Crippen LogP contribution >= 0.6 is 0 Å². The number of rotatable bonds is 7. The Morgan fingerprint density at radius 3 is 2.21 bits per heavy atom. The van der Waals surface area contributed by atoms with Gasteiger partial charge in [-0.1, -0.05) is 48.5 Å². The van der Waals surface area contributed by atoms with Crippen molar-refractivity contribution in [3.05, 3.63) is 59.7 Å². The SMILES string of the molecule is CN(C(=O)C[C@H]1CC[C@@H](NC(=O)OCC2c3ccccc3-c3ccccc32)C1)C(C)(C)C(=O)O. The minimum absolute atomic E-state index is 0.0141. The summed E-state index contributed by atoms with van der Waals surface area (Å²) in [5.41, 5.74) is 3.46. The van der Waals surface area contributed by atoms with Gasteiger partial charge in [0, 0.05) is 25.4 Å². The lowest BCUT2D eigenvalue weighted by Gasteiger charge is -2.32. The first kappa shape index (κ1) is 23.8. The molecule has 7 heteroatoms. The fourth-order valence-electron chi connectivity index (χ4n) is 5.04. The van der Waals surface area contributed by atoms with Gasteiger partial charge < -0.3 is 20.1 Å². The first-order chi connectivity index (χ1) is 16.2. The lowest BCUT2D eigenvalue weighted by molar-refractivity contribution is -0.155. The molecule has 0 aliphatic heterocycles. The quantitative estimate of drug-likeness (QED) is 0.633. The molecule has 0 spiro atoms. The summed E-state index contributed by atoms with van der Waals surface area (Å²) in [5.74, 6) is -1.11. The van der Waals surface area contributed by atoms with E-state index in [1.54, 1.807) is 0 Å². The van der Waals surface area contributed by atoms with Crippen LogP contribution in [0.1, 0.15) is 56.6 Å². The van der Waals surface area contributed by atoms with E-state index in [-0.39, 0.29) is 36.8 Å². The van der Waals surface area contributed by atoms with Crippen molar-refractivity contribution in [2.24, 2.45) is 5.92 Å². The zero-order valence-electron chi connectivity index (χ0n) is 19.9. The van der Waals surface area contributed by atoms with E-state index in [0.29, 0.717) is 6.42 Å². The number of amides is 2. The van der Waals surface area contributed by atoms with Gasteiger partial charge in [0.05, 0.1) is 0 Å². The van der Waals surface area contributed by atoms with Gasteiger partial charge in [0.15, 0.2) is 0 Å². The van der Waals surface area contributed by atoms with Crippen molar-refractivity contribution in [1.29, 1.82) is 0 Å². The van der Waals surface area contributed by atoms with E-state index < -0.39 is 17.6 Å². The van der Waals surface area contributed by atoms with E-state index in [1.807, 2.05) is 24.3 Å². The number of alkyl carbamates (subject to hydrolysis) is 1. The van der Waals surface area contributed by atoms with E-state index in [1.165, 1.54) is 48.0 Å². The monoisotopic (exact) mass is 464 g/mol. The fourth-order valence-corrected chi connectivity index (χ4v) is 5.04. The molecule has 0 heterocycles. The molecule has 4 rings (SSSR count). The second-order valence-corrected chi connectivity index (χ2v) is 9.87. The van der Waals surface area contributed by atoms with Crippen molar-refractivity contribution in [2.45, 2.75) is 57.0 Å². The van der Waals surface area contributed by atoms with E-state index >= 15 is 0 Å². The maximum absolute atomic E-state index is 12.6. The number of carboxylic acid groups (broad SMARTS) is 1. The standard InChI is InChI=1S/C27H32N2O5/c1-27(2,25(31)32)29(3)24(30)15-17-12-13-18(14-17)28-26(33)34-16-23-21-10-6-4-8-19(21)20-9-5-7-11-22(20)23/h4-11,17-18,23H,12-16H2,1-3H3,(H,28,33)(H,31,32)/t17-,18+/m0/s1. The zero-order valence-corrected chi connectivity index (χ0v) is 19.9. The average Bonchev–Trinajstić information content (AvgIpc) is 3.38. The van der Waals surface area contributed by atoms with Crippen molar-refractivity contribution in [1.82, 2.24) is 10.2 Å². The predicted octanol–water partition coefficient (Wildman–Crippen LogP) is 4.41. The summed E-state index contributed by atoms with van der Waals surface area (Å²) in [7, 11) is 1.53. The number of likely N-dealkylation sites (N-methyl/N-ethyl adjacent to an activating group) is 1. The molecule has 180 valence electrons. The van der Waals surface area contributed by atoms with E-state index in [2.05, 4.69) is 29.6 Å². The minimum atomic E-state index is -1.26. The van der Waals surface area contributed by atoms with E-state index in [9.17, 15) is 19.5 Å². The summed E-state index contributed by atoms with van der Waals surface area (Å²) in [4.78, 5) is 37.8. The molecule has 7 nitrogen and oxygen atoms in total. The van der Waals surface area contributed by atoms with Crippen LogP contribution in [0.5, 0.6) is 0 Å². The summed E-state index contributed by atoms with van der Waals surface area (Å²) >= 11 is 0. The number of aliphatic carboxylic acids is 1. The normalized spacial score (nSPS) is 19.3. The van der Waals surface area contributed by atoms with Crippen LogP contribution in [0, 0.1) is 5.92 Å². The fraction of sp³-hybridized carbons (Fsp3) is 0.444. The maximum Gasteiger partial charge on any atom is 0.407 e. The first-order valence-electron chi connectivity index (χ1n) is 11.8. The molecule has 2 amide bonds. The minimum Gasteiger partial charge on any atom is -0.480 e. The molecule has 0 unspecified atom stereocenters. The molecular weight excluding hydrogens is 432 g/mol. The highest BCUT2D eigenvalue weighted by Gasteiger charge is 2.37. The maximum atomic E-state index is 12.6. The van der Waals surface area contributed by atoms with Crippen LogP contribution in [-0.2, 0) is 14.3 Å². The first-order valence-corrected chi connectivity index (χ1v) is 11.8. The van der Waals surface area contributed by atoms with Crippen LogP contribution in [0.4, 0.5) is 4.79 Å². The van der Waals surface area contributed by atoms with Crippen LogP contribution in [0.25, 0.3) is 11.1 Å². The molecule has 0 radical (unpaired) electrons. The number of carbonyl (C=O) groups excluding carboxylic acids is 2. The third-order valence-corrected chi connectivity index (χ3v) is 7.41. The van der Waals surface area contributed by atoms with Crippen molar-refractivity contribution in [2.75, 3.05) is 13.7 Å². The molecule has 34 heavy (non-hydrogen) atoms. The highest BCUT2D eigenvalue weighted by Crippen LogP contribution is 2.44. The number of carbonyl (C=O) groups is 3. The topological polar surface area (TPSA) is 95.9 Å². The molecule has 2 atom stereocenters. The summed E-state index contributed by atoms with van der Waals surface area (Å²) < 4.78 is 5.64. The molecule has 0 bridgehead atoms.